The van der Waals surface area contributed by atoms with Crippen LogP contribution in [-0.2, 0) is 9.59 Å². The van der Waals surface area contributed by atoms with Crippen molar-refractivity contribution in [3.8, 4) is 0 Å². The largest absolute Gasteiger partial charge is 0.290 e. The van der Waals surface area contributed by atoms with Gasteiger partial charge in [0.05, 0.1) is 11.8 Å². The van der Waals surface area contributed by atoms with Crippen molar-refractivity contribution in [2.75, 3.05) is 0 Å². The molecule has 0 saturated carbocycles. The van der Waals surface area contributed by atoms with E-state index in [0.29, 0.717) is 0 Å². The van der Waals surface area contributed by atoms with Crippen LogP contribution < -0.4 is 0 Å². The Hall–Kier alpha value is -3.26. The fourth-order valence-corrected chi connectivity index (χ4v) is 4.74. The van der Waals surface area contributed by atoms with Gasteiger partial charge >= 0.3 is 0 Å². The monoisotopic (exact) mass is 334 g/mol. The average Bonchev–Trinajstić information content (AvgIpc) is 2.67. The van der Waals surface area contributed by atoms with Gasteiger partial charge in [0.15, 0.2) is 0 Å². The zero-order chi connectivity index (χ0) is 17.4. The SMILES string of the molecule is O=C1C(=O)C2c3cc4ccccc4cc3C1c1cc3ccccc3cc12. The van der Waals surface area contributed by atoms with Crippen molar-refractivity contribution < 1.29 is 9.59 Å². The van der Waals surface area contributed by atoms with Gasteiger partial charge in [-0.25, -0.2) is 0 Å². The van der Waals surface area contributed by atoms with Gasteiger partial charge in [0.2, 0.25) is 11.6 Å². The smallest absolute Gasteiger partial charge is 0.211 e. The molecule has 0 fully saturated rings. The summed E-state index contributed by atoms with van der Waals surface area (Å²) in [7, 11) is 0. The second kappa shape index (κ2) is 4.67. The highest BCUT2D eigenvalue weighted by molar-refractivity contribution is 6.45. The van der Waals surface area contributed by atoms with Crippen LogP contribution in [0, 0.1) is 0 Å². The summed E-state index contributed by atoms with van der Waals surface area (Å²) in [5, 5.41) is 4.45. The summed E-state index contributed by atoms with van der Waals surface area (Å²) >= 11 is 0. The number of hydrogen-bond donors (Lipinski definition) is 0. The molecular formula is C24H14O2. The third kappa shape index (κ3) is 1.62. The Morgan fingerprint density at radius 2 is 0.731 bits per heavy atom. The van der Waals surface area contributed by atoms with Crippen molar-refractivity contribution in [3.63, 3.8) is 0 Å². The van der Waals surface area contributed by atoms with Gasteiger partial charge < -0.3 is 0 Å². The van der Waals surface area contributed by atoms with Crippen molar-refractivity contribution in [1.29, 1.82) is 0 Å². The topological polar surface area (TPSA) is 34.1 Å². The quantitative estimate of drug-likeness (QED) is 0.436. The third-order valence-corrected chi connectivity index (χ3v) is 5.91. The standard InChI is InChI=1S/C24H14O2/c25-23-21-17-9-13-5-1-2-6-14(13)10-18(17)22(24(23)26)20-12-16-8-4-3-7-15(16)11-19(20)21/h1-12,21-22H. The minimum Gasteiger partial charge on any atom is -0.290 e. The van der Waals surface area contributed by atoms with Gasteiger partial charge in [-0.3, -0.25) is 9.59 Å². The van der Waals surface area contributed by atoms with Crippen LogP contribution in [0.25, 0.3) is 21.5 Å². The maximum atomic E-state index is 12.8. The fraction of sp³-hybridized carbons (Fsp3) is 0.0833. The molecule has 0 amide bonds. The number of hydrogen-bond acceptors (Lipinski definition) is 2. The molecule has 26 heavy (non-hydrogen) atoms. The van der Waals surface area contributed by atoms with Crippen molar-refractivity contribution in [1.82, 2.24) is 0 Å². The molecule has 3 aliphatic carbocycles. The highest BCUT2D eigenvalue weighted by Gasteiger charge is 2.48. The molecule has 0 unspecified atom stereocenters. The number of Topliss-reactive ketones (excluding diaryl/α,β-unsaturated/α-hetero) is 2. The summed E-state index contributed by atoms with van der Waals surface area (Å²) in [5.41, 5.74) is 4.00. The molecule has 4 aromatic carbocycles. The summed E-state index contributed by atoms with van der Waals surface area (Å²) in [6.07, 6.45) is 0. The van der Waals surface area contributed by atoms with Crippen LogP contribution in [0.4, 0.5) is 0 Å². The van der Waals surface area contributed by atoms with Crippen LogP contribution in [-0.4, -0.2) is 11.6 Å². The summed E-state index contributed by atoms with van der Waals surface area (Å²) < 4.78 is 0. The lowest BCUT2D eigenvalue weighted by molar-refractivity contribution is -0.138. The van der Waals surface area contributed by atoms with Crippen LogP contribution in [0.2, 0.25) is 0 Å². The Morgan fingerprint density at radius 1 is 0.462 bits per heavy atom. The van der Waals surface area contributed by atoms with Crippen molar-refractivity contribution in [3.05, 3.63) is 95.1 Å². The van der Waals surface area contributed by atoms with Crippen LogP contribution in [0.5, 0.6) is 0 Å². The van der Waals surface area contributed by atoms with E-state index in [0.717, 1.165) is 43.8 Å². The fourth-order valence-electron chi connectivity index (χ4n) is 4.74. The lowest BCUT2D eigenvalue weighted by atomic mass is 9.62. The van der Waals surface area contributed by atoms with E-state index in [2.05, 4.69) is 48.5 Å². The van der Waals surface area contributed by atoms with Crippen molar-refractivity contribution in [2.24, 2.45) is 0 Å². The molecule has 3 aliphatic rings. The van der Waals surface area contributed by atoms with E-state index in [-0.39, 0.29) is 11.6 Å². The van der Waals surface area contributed by atoms with E-state index in [1.807, 2.05) is 24.3 Å². The zero-order valence-electron chi connectivity index (χ0n) is 13.9. The van der Waals surface area contributed by atoms with E-state index >= 15 is 0 Å². The van der Waals surface area contributed by atoms with Crippen LogP contribution in [0.3, 0.4) is 0 Å². The molecule has 2 bridgehead atoms. The first kappa shape index (κ1) is 14.0. The first-order valence-corrected chi connectivity index (χ1v) is 8.85. The molecular weight excluding hydrogens is 320 g/mol. The maximum absolute atomic E-state index is 12.8. The first-order valence-electron chi connectivity index (χ1n) is 8.85. The number of ketones is 2. The molecule has 122 valence electrons. The van der Waals surface area contributed by atoms with Gasteiger partial charge in [0.1, 0.15) is 0 Å². The van der Waals surface area contributed by atoms with Crippen LogP contribution in [0.1, 0.15) is 34.1 Å². The zero-order valence-corrected chi connectivity index (χ0v) is 13.9. The van der Waals surface area contributed by atoms with Crippen LogP contribution >= 0.6 is 0 Å². The van der Waals surface area contributed by atoms with E-state index in [4.69, 9.17) is 0 Å². The number of fused-ring (bicyclic) bond motifs is 3. The Kier molecular flexibility index (Phi) is 2.51. The maximum Gasteiger partial charge on any atom is 0.211 e. The van der Waals surface area contributed by atoms with Crippen molar-refractivity contribution in [2.45, 2.75) is 11.8 Å². The molecule has 0 saturated heterocycles. The molecule has 0 N–H and O–H groups in total. The molecule has 0 heterocycles. The predicted octanol–water partition coefficient (Wildman–Crippen LogP) is 4.72. The highest BCUT2D eigenvalue weighted by atomic mass is 16.2. The molecule has 2 heteroatoms. The lowest BCUT2D eigenvalue weighted by Crippen LogP contribution is -2.40. The predicted molar refractivity (Wildman–Crippen MR) is 102 cm³/mol. The molecule has 7 rings (SSSR count). The Labute approximate surface area is 150 Å². The van der Waals surface area contributed by atoms with E-state index in [1.54, 1.807) is 0 Å². The Morgan fingerprint density at radius 3 is 1.00 bits per heavy atom. The second-order valence-electron chi connectivity index (χ2n) is 7.25. The molecule has 0 aromatic heterocycles. The van der Waals surface area contributed by atoms with E-state index in [9.17, 15) is 9.59 Å². The number of carbonyl (C=O) groups is 2. The Balaban J connectivity index is 1.73. The normalized spacial score (nSPS) is 20.5. The van der Waals surface area contributed by atoms with Gasteiger partial charge in [-0.1, -0.05) is 48.5 Å². The van der Waals surface area contributed by atoms with Gasteiger partial charge in [-0.15, -0.1) is 0 Å². The summed E-state index contributed by atoms with van der Waals surface area (Å²) in [5.74, 6) is -1.46. The first-order chi connectivity index (χ1) is 12.7. The van der Waals surface area contributed by atoms with Gasteiger partial charge in [-0.05, 0) is 68.1 Å². The van der Waals surface area contributed by atoms with Gasteiger partial charge in [-0.2, -0.15) is 0 Å². The summed E-state index contributed by atoms with van der Waals surface area (Å²) in [6.45, 7) is 0. The molecule has 0 radical (unpaired) electrons. The summed E-state index contributed by atoms with van der Waals surface area (Å²) in [4.78, 5) is 25.7. The minimum atomic E-state index is -0.466. The molecule has 0 atom stereocenters. The Bertz CT molecular complexity index is 1100. The lowest BCUT2D eigenvalue weighted by Gasteiger charge is -2.38. The summed E-state index contributed by atoms with van der Waals surface area (Å²) in [6, 6.07) is 24.7. The van der Waals surface area contributed by atoms with Gasteiger partial charge in [0.25, 0.3) is 0 Å². The number of benzene rings is 4. The highest BCUT2D eigenvalue weighted by Crippen LogP contribution is 2.51. The van der Waals surface area contributed by atoms with Crippen molar-refractivity contribution >= 4 is 33.1 Å². The van der Waals surface area contributed by atoms with Crippen LogP contribution in [0.15, 0.2) is 72.8 Å². The molecule has 0 aliphatic heterocycles. The van der Waals surface area contributed by atoms with E-state index in [1.165, 1.54) is 0 Å². The minimum absolute atomic E-state index is 0.263. The number of carbonyl (C=O) groups excluding carboxylic acids is 2. The average molecular weight is 334 g/mol. The second-order valence-corrected chi connectivity index (χ2v) is 7.25. The van der Waals surface area contributed by atoms with E-state index < -0.39 is 11.8 Å². The molecule has 2 nitrogen and oxygen atoms in total. The van der Waals surface area contributed by atoms with Gasteiger partial charge in [0, 0.05) is 0 Å². The third-order valence-electron chi connectivity index (χ3n) is 5.91. The molecule has 0 spiro atoms. The number of rotatable bonds is 0. The molecule has 4 aromatic rings.